The molecule has 142 valence electrons. The van der Waals surface area contributed by atoms with E-state index in [9.17, 15) is 0 Å². The normalized spacial score (nSPS) is 21.4. The van der Waals surface area contributed by atoms with Gasteiger partial charge in [0, 0.05) is 30.3 Å². The summed E-state index contributed by atoms with van der Waals surface area (Å²) in [6, 6.07) is 5.41. The van der Waals surface area contributed by atoms with E-state index >= 15 is 0 Å². The van der Waals surface area contributed by atoms with Gasteiger partial charge in [0.05, 0.1) is 5.69 Å². The molecular formula is C22H29N5. The molecule has 1 atom stereocenters. The fourth-order valence-corrected chi connectivity index (χ4v) is 5.11. The Hall–Kier alpha value is -2.14. The first-order valence-corrected chi connectivity index (χ1v) is 10.5. The number of aryl methyl sites for hydroxylation is 3. The van der Waals surface area contributed by atoms with E-state index in [0.717, 1.165) is 50.3 Å². The summed E-state index contributed by atoms with van der Waals surface area (Å²) in [5.41, 5.74) is 14.4. The first-order chi connectivity index (χ1) is 13.2. The van der Waals surface area contributed by atoms with Crippen molar-refractivity contribution in [3.05, 3.63) is 34.4 Å². The lowest BCUT2D eigenvalue weighted by molar-refractivity contribution is 0.616. The molecule has 1 aromatic heterocycles. The highest BCUT2D eigenvalue weighted by molar-refractivity contribution is 5.75. The van der Waals surface area contributed by atoms with Gasteiger partial charge in [-0.1, -0.05) is 6.07 Å². The number of hydrogen-bond donors (Lipinski definition) is 2. The lowest BCUT2D eigenvalue weighted by atomic mass is 9.86. The smallest absolute Gasteiger partial charge is 0.222 e. The molecule has 3 aliphatic rings. The maximum atomic E-state index is 6.20. The van der Waals surface area contributed by atoms with Crippen molar-refractivity contribution in [2.75, 3.05) is 30.8 Å². The summed E-state index contributed by atoms with van der Waals surface area (Å²) >= 11 is 0. The molecule has 0 amide bonds. The highest BCUT2D eigenvalue weighted by Gasteiger charge is 2.28. The number of nitrogens with two attached hydrogens (primary N) is 1. The molecule has 2 heterocycles. The summed E-state index contributed by atoms with van der Waals surface area (Å²) in [5.74, 6) is 1.48. The Balaban J connectivity index is 1.64. The van der Waals surface area contributed by atoms with Gasteiger partial charge in [-0.2, -0.15) is 4.98 Å². The SMILES string of the molecule is CN[C@@H]1CCN(c2nc(N)nc3c2CCCc2cc4c(cc2-3)CCCC4)C1. The molecule has 3 N–H and O–H groups in total. The number of benzene rings is 1. The summed E-state index contributed by atoms with van der Waals surface area (Å²) < 4.78 is 0. The molecule has 1 aliphatic heterocycles. The Bertz CT molecular complexity index is 875. The second kappa shape index (κ2) is 6.79. The number of fused-ring (bicyclic) bond motifs is 4. The second-order valence-electron chi connectivity index (χ2n) is 8.29. The number of nitrogen functional groups attached to an aromatic ring is 1. The number of rotatable bonds is 2. The van der Waals surface area contributed by atoms with Crippen molar-refractivity contribution in [2.24, 2.45) is 0 Å². The van der Waals surface area contributed by atoms with Crippen LogP contribution in [0.15, 0.2) is 12.1 Å². The summed E-state index contributed by atoms with van der Waals surface area (Å²) in [5, 5.41) is 3.40. The Morgan fingerprint density at radius 1 is 1.00 bits per heavy atom. The minimum atomic E-state index is 0.405. The van der Waals surface area contributed by atoms with E-state index in [2.05, 4.69) is 22.3 Å². The van der Waals surface area contributed by atoms with Crippen LogP contribution in [0.25, 0.3) is 11.3 Å². The lowest BCUT2D eigenvalue weighted by Crippen LogP contribution is -2.30. The fourth-order valence-electron chi connectivity index (χ4n) is 5.11. The van der Waals surface area contributed by atoms with E-state index in [0.29, 0.717) is 12.0 Å². The van der Waals surface area contributed by atoms with Gasteiger partial charge >= 0.3 is 0 Å². The van der Waals surface area contributed by atoms with E-state index < -0.39 is 0 Å². The molecule has 0 radical (unpaired) electrons. The van der Waals surface area contributed by atoms with Crippen LogP contribution in [0, 0.1) is 0 Å². The average molecular weight is 364 g/mol. The number of anilines is 2. The molecule has 0 spiro atoms. The molecule has 5 heteroatoms. The Labute approximate surface area is 161 Å². The Morgan fingerprint density at radius 2 is 1.78 bits per heavy atom. The van der Waals surface area contributed by atoms with Gasteiger partial charge in [-0.05, 0) is 81.2 Å². The van der Waals surface area contributed by atoms with Crippen molar-refractivity contribution in [3.8, 4) is 11.3 Å². The number of hydrogen-bond acceptors (Lipinski definition) is 5. The largest absolute Gasteiger partial charge is 0.368 e. The standard InChI is InChI=1S/C22H29N5/c1-24-17-9-10-27(13-17)21-18-8-4-7-16-11-14-5-2-3-6-15(14)12-19(16)20(18)25-22(23)26-21/h11-12,17,24H,2-10,13H2,1H3,(H2,23,25,26)/t17-/m1/s1. The van der Waals surface area contributed by atoms with Crippen LogP contribution in [0.4, 0.5) is 11.8 Å². The van der Waals surface area contributed by atoms with Gasteiger partial charge in [-0.3, -0.25) is 0 Å². The highest BCUT2D eigenvalue weighted by atomic mass is 15.2. The quantitative estimate of drug-likeness (QED) is 0.859. The van der Waals surface area contributed by atoms with Gasteiger partial charge < -0.3 is 16.0 Å². The lowest BCUT2D eigenvalue weighted by Gasteiger charge is -2.23. The van der Waals surface area contributed by atoms with Crippen LogP contribution in [0.5, 0.6) is 0 Å². The van der Waals surface area contributed by atoms with Gasteiger partial charge in [0.15, 0.2) is 0 Å². The summed E-state index contributed by atoms with van der Waals surface area (Å²) in [4.78, 5) is 11.9. The molecule has 5 rings (SSSR count). The molecule has 0 bridgehead atoms. The number of likely N-dealkylation sites (N-methyl/N-ethyl adjacent to an activating group) is 1. The summed E-state index contributed by atoms with van der Waals surface area (Å²) in [7, 11) is 2.04. The van der Waals surface area contributed by atoms with E-state index in [-0.39, 0.29) is 0 Å². The van der Waals surface area contributed by atoms with Gasteiger partial charge in [-0.15, -0.1) is 0 Å². The van der Waals surface area contributed by atoms with Gasteiger partial charge in [0.2, 0.25) is 5.95 Å². The monoisotopic (exact) mass is 363 g/mol. The van der Waals surface area contributed by atoms with Crippen molar-refractivity contribution in [1.82, 2.24) is 15.3 Å². The van der Waals surface area contributed by atoms with Crippen LogP contribution in [0.2, 0.25) is 0 Å². The molecule has 1 aromatic carbocycles. The van der Waals surface area contributed by atoms with E-state index in [1.165, 1.54) is 47.9 Å². The van der Waals surface area contributed by atoms with Crippen LogP contribution in [0.3, 0.4) is 0 Å². The van der Waals surface area contributed by atoms with Crippen LogP contribution >= 0.6 is 0 Å². The van der Waals surface area contributed by atoms with Crippen molar-refractivity contribution in [1.29, 1.82) is 0 Å². The molecule has 1 fully saturated rings. The van der Waals surface area contributed by atoms with Crippen LogP contribution in [0.1, 0.15) is 47.9 Å². The molecule has 5 nitrogen and oxygen atoms in total. The second-order valence-corrected chi connectivity index (χ2v) is 8.29. The maximum absolute atomic E-state index is 6.20. The van der Waals surface area contributed by atoms with Crippen LogP contribution in [-0.4, -0.2) is 36.1 Å². The zero-order chi connectivity index (χ0) is 18.4. The van der Waals surface area contributed by atoms with Crippen LogP contribution in [-0.2, 0) is 25.7 Å². The molecule has 0 saturated carbocycles. The average Bonchev–Trinajstić information content (AvgIpc) is 3.10. The van der Waals surface area contributed by atoms with Crippen molar-refractivity contribution >= 4 is 11.8 Å². The predicted molar refractivity (Wildman–Crippen MR) is 110 cm³/mol. The molecule has 2 aliphatic carbocycles. The van der Waals surface area contributed by atoms with Crippen molar-refractivity contribution < 1.29 is 0 Å². The minimum absolute atomic E-state index is 0.405. The molecule has 0 unspecified atom stereocenters. The summed E-state index contributed by atoms with van der Waals surface area (Å²) in [6.45, 7) is 2.03. The zero-order valence-electron chi connectivity index (χ0n) is 16.2. The van der Waals surface area contributed by atoms with Crippen molar-refractivity contribution in [3.63, 3.8) is 0 Å². The topological polar surface area (TPSA) is 67.1 Å². The molecular weight excluding hydrogens is 334 g/mol. The fraction of sp³-hybridized carbons (Fsp3) is 0.545. The third kappa shape index (κ3) is 2.98. The number of nitrogens with one attached hydrogen (secondary N) is 1. The minimum Gasteiger partial charge on any atom is -0.368 e. The maximum Gasteiger partial charge on any atom is 0.222 e. The first kappa shape index (κ1) is 17.0. The molecule has 27 heavy (non-hydrogen) atoms. The van der Waals surface area contributed by atoms with Gasteiger partial charge in [0.1, 0.15) is 5.82 Å². The third-order valence-corrected chi connectivity index (χ3v) is 6.59. The van der Waals surface area contributed by atoms with E-state index in [4.69, 9.17) is 15.7 Å². The Kier molecular flexibility index (Phi) is 4.27. The van der Waals surface area contributed by atoms with E-state index in [1.807, 2.05) is 7.05 Å². The first-order valence-electron chi connectivity index (χ1n) is 10.5. The van der Waals surface area contributed by atoms with Gasteiger partial charge in [0.25, 0.3) is 0 Å². The third-order valence-electron chi connectivity index (χ3n) is 6.59. The Morgan fingerprint density at radius 3 is 2.56 bits per heavy atom. The zero-order valence-corrected chi connectivity index (χ0v) is 16.2. The van der Waals surface area contributed by atoms with Crippen molar-refractivity contribution in [2.45, 2.75) is 57.4 Å². The van der Waals surface area contributed by atoms with E-state index in [1.54, 1.807) is 5.56 Å². The molecule has 2 aromatic rings. The number of aromatic nitrogens is 2. The predicted octanol–water partition coefficient (Wildman–Crippen LogP) is 2.89. The highest BCUT2D eigenvalue weighted by Crippen LogP contribution is 2.39. The number of nitrogens with zero attached hydrogens (tertiary/aromatic N) is 3. The summed E-state index contributed by atoms with van der Waals surface area (Å²) in [6.07, 6.45) is 9.51. The molecule has 1 saturated heterocycles. The van der Waals surface area contributed by atoms with Crippen LogP contribution < -0.4 is 16.0 Å². The van der Waals surface area contributed by atoms with Gasteiger partial charge in [-0.25, -0.2) is 4.98 Å².